The molecule has 0 spiro atoms. The van der Waals surface area contributed by atoms with E-state index in [4.69, 9.17) is 5.73 Å². The van der Waals surface area contributed by atoms with E-state index in [-0.39, 0.29) is 5.91 Å². The maximum Gasteiger partial charge on any atom is 0.254 e. The molecule has 4 heteroatoms. The number of amides is 1. The van der Waals surface area contributed by atoms with E-state index in [1.807, 2.05) is 42.1 Å². The Morgan fingerprint density at radius 2 is 1.90 bits per heavy atom. The number of hydrogen-bond donors (Lipinski definition) is 1. The van der Waals surface area contributed by atoms with Gasteiger partial charge in [0.25, 0.3) is 5.91 Å². The molecule has 0 radical (unpaired) electrons. The molecular weight excluding hydrogens is 262 g/mol. The number of nitrogens with zero attached hydrogens (tertiary/aromatic N) is 2. The van der Waals surface area contributed by atoms with Gasteiger partial charge in [0, 0.05) is 32.2 Å². The van der Waals surface area contributed by atoms with Gasteiger partial charge >= 0.3 is 0 Å². The van der Waals surface area contributed by atoms with Crippen molar-refractivity contribution in [1.29, 1.82) is 0 Å². The van der Waals surface area contributed by atoms with Gasteiger partial charge in [0.1, 0.15) is 0 Å². The van der Waals surface area contributed by atoms with Gasteiger partial charge in [0.05, 0.1) is 11.4 Å². The van der Waals surface area contributed by atoms with Crippen molar-refractivity contribution in [2.45, 2.75) is 45.1 Å². The van der Waals surface area contributed by atoms with Crippen LogP contribution in [0, 0.1) is 0 Å². The first-order valence-corrected chi connectivity index (χ1v) is 7.92. The first-order chi connectivity index (χ1) is 10.0. The summed E-state index contributed by atoms with van der Waals surface area (Å²) < 4.78 is 0. The molecule has 1 aliphatic carbocycles. The third-order valence-electron chi connectivity index (χ3n) is 4.37. The Morgan fingerprint density at radius 1 is 1.24 bits per heavy atom. The van der Waals surface area contributed by atoms with E-state index in [9.17, 15) is 4.79 Å². The summed E-state index contributed by atoms with van der Waals surface area (Å²) >= 11 is 0. The molecule has 1 aliphatic rings. The van der Waals surface area contributed by atoms with Gasteiger partial charge in [-0.05, 0) is 38.0 Å². The second kappa shape index (κ2) is 6.83. The molecule has 1 fully saturated rings. The monoisotopic (exact) mass is 289 g/mol. The Bertz CT molecular complexity index is 493. The predicted molar refractivity (Wildman–Crippen MR) is 88.8 cm³/mol. The number of anilines is 2. The minimum Gasteiger partial charge on any atom is -0.397 e. The molecule has 1 aromatic rings. The average Bonchev–Trinajstić information content (AvgIpc) is 2.48. The highest BCUT2D eigenvalue weighted by atomic mass is 16.2. The summed E-state index contributed by atoms with van der Waals surface area (Å²) in [6.07, 6.45) is 6.02. The van der Waals surface area contributed by atoms with Crippen molar-refractivity contribution in [3.63, 3.8) is 0 Å². The maximum atomic E-state index is 12.8. The van der Waals surface area contributed by atoms with E-state index in [2.05, 4.69) is 6.92 Å². The Balaban J connectivity index is 2.19. The summed E-state index contributed by atoms with van der Waals surface area (Å²) in [6, 6.07) is 6.02. The van der Waals surface area contributed by atoms with Gasteiger partial charge < -0.3 is 15.5 Å². The SMILES string of the molecule is CCN(C(=O)c1ccc(N(C)C)c(N)c1)C1CCCCC1. The highest BCUT2D eigenvalue weighted by Crippen LogP contribution is 2.26. The Hall–Kier alpha value is -1.71. The Kier molecular flexibility index (Phi) is 5.10. The van der Waals surface area contributed by atoms with Crippen molar-refractivity contribution in [3.8, 4) is 0 Å². The zero-order valence-electron chi connectivity index (χ0n) is 13.4. The molecule has 0 aromatic heterocycles. The van der Waals surface area contributed by atoms with Crippen LogP contribution >= 0.6 is 0 Å². The van der Waals surface area contributed by atoms with Crippen LogP contribution in [0.1, 0.15) is 49.4 Å². The molecular formula is C17H27N3O. The molecule has 2 rings (SSSR count). The summed E-state index contributed by atoms with van der Waals surface area (Å²) in [5.74, 6) is 0.112. The summed E-state index contributed by atoms with van der Waals surface area (Å²) in [5, 5.41) is 0. The molecule has 0 heterocycles. The van der Waals surface area contributed by atoms with Crippen molar-refractivity contribution in [1.82, 2.24) is 4.90 Å². The molecule has 116 valence electrons. The summed E-state index contributed by atoms with van der Waals surface area (Å²) in [7, 11) is 3.90. The van der Waals surface area contributed by atoms with Crippen LogP contribution < -0.4 is 10.6 Å². The van der Waals surface area contributed by atoms with Crippen LogP contribution in [-0.4, -0.2) is 37.5 Å². The topological polar surface area (TPSA) is 49.6 Å². The van der Waals surface area contributed by atoms with E-state index < -0.39 is 0 Å². The van der Waals surface area contributed by atoms with Gasteiger partial charge in [-0.15, -0.1) is 0 Å². The smallest absolute Gasteiger partial charge is 0.254 e. The minimum absolute atomic E-state index is 0.112. The average molecular weight is 289 g/mol. The van der Waals surface area contributed by atoms with Gasteiger partial charge in [-0.2, -0.15) is 0 Å². The number of hydrogen-bond acceptors (Lipinski definition) is 3. The fourth-order valence-electron chi connectivity index (χ4n) is 3.22. The molecule has 1 aromatic carbocycles. The van der Waals surface area contributed by atoms with E-state index in [1.54, 1.807) is 0 Å². The van der Waals surface area contributed by atoms with Crippen LogP contribution in [0.4, 0.5) is 11.4 Å². The molecule has 2 N–H and O–H groups in total. The minimum atomic E-state index is 0.112. The lowest BCUT2D eigenvalue weighted by molar-refractivity contribution is 0.0648. The standard InChI is InChI=1S/C17H27N3O/c1-4-20(14-8-6-5-7-9-14)17(21)13-10-11-16(19(2)3)15(18)12-13/h10-12,14H,4-9,18H2,1-3H3. The molecule has 4 nitrogen and oxygen atoms in total. The van der Waals surface area contributed by atoms with Crippen LogP contribution in [-0.2, 0) is 0 Å². The normalized spacial score (nSPS) is 15.8. The second-order valence-electron chi connectivity index (χ2n) is 6.05. The fraction of sp³-hybridized carbons (Fsp3) is 0.588. The molecule has 0 aliphatic heterocycles. The van der Waals surface area contributed by atoms with E-state index in [0.29, 0.717) is 17.3 Å². The van der Waals surface area contributed by atoms with E-state index >= 15 is 0 Å². The largest absolute Gasteiger partial charge is 0.397 e. The maximum absolute atomic E-state index is 12.8. The number of benzene rings is 1. The number of carbonyl (C=O) groups excluding carboxylic acids is 1. The van der Waals surface area contributed by atoms with E-state index in [0.717, 1.165) is 25.1 Å². The van der Waals surface area contributed by atoms with Gasteiger partial charge in [0.15, 0.2) is 0 Å². The van der Waals surface area contributed by atoms with Gasteiger partial charge in [-0.25, -0.2) is 0 Å². The van der Waals surface area contributed by atoms with Crippen molar-refractivity contribution in [2.75, 3.05) is 31.3 Å². The first kappa shape index (κ1) is 15.7. The number of rotatable bonds is 4. The fourth-order valence-corrected chi connectivity index (χ4v) is 3.22. The highest BCUT2D eigenvalue weighted by molar-refractivity contribution is 5.96. The molecule has 1 saturated carbocycles. The van der Waals surface area contributed by atoms with Crippen LogP contribution in [0.5, 0.6) is 0 Å². The lowest BCUT2D eigenvalue weighted by atomic mass is 9.93. The van der Waals surface area contributed by atoms with Crippen molar-refractivity contribution >= 4 is 17.3 Å². The summed E-state index contributed by atoms with van der Waals surface area (Å²) in [5.41, 5.74) is 8.38. The van der Waals surface area contributed by atoms with Crippen molar-refractivity contribution in [3.05, 3.63) is 23.8 Å². The zero-order valence-corrected chi connectivity index (χ0v) is 13.4. The quantitative estimate of drug-likeness (QED) is 0.866. The Morgan fingerprint density at radius 3 is 2.43 bits per heavy atom. The van der Waals surface area contributed by atoms with E-state index in [1.165, 1.54) is 19.3 Å². The van der Waals surface area contributed by atoms with Crippen molar-refractivity contribution in [2.24, 2.45) is 0 Å². The van der Waals surface area contributed by atoms with Crippen LogP contribution in [0.2, 0.25) is 0 Å². The van der Waals surface area contributed by atoms with Crippen LogP contribution in [0.15, 0.2) is 18.2 Å². The first-order valence-electron chi connectivity index (χ1n) is 7.92. The summed E-state index contributed by atoms with van der Waals surface area (Å²) in [6.45, 7) is 2.82. The lowest BCUT2D eigenvalue weighted by Gasteiger charge is -2.33. The molecule has 21 heavy (non-hydrogen) atoms. The lowest BCUT2D eigenvalue weighted by Crippen LogP contribution is -2.41. The summed E-state index contributed by atoms with van der Waals surface area (Å²) in [4.78, 5) is 16.7. The number of nitrogen functional groups attached to an aromatic ring is 1. The highest BCUT2D eigenvalue weighted by Gasteiger charge is 2.25. The number of nitrogens with two attached hydrogens (primary N) is 1. The number of carbonyl (C=O) groups is 1. The van der Waals surface area contributed by atoms with Gasteiger partial charge in [0.2, 0.25) is 0 Å². The Labute approximate surface area is 127 Å². The molecule has 0 saturated heterocycles. The van der Waals surface area contributed by atoms with Crippen LogP contribution in [0.3, 0.4) is 0 Å². The molecule has 1 amide bonds. The zero-order chi connectivity index (χ0) is 15.4. The molecule has 0 atom stereocenters. The van der Waals surface area contributed by atoms with Crippen LogP contribution in [0.25, 0.3) is 0 Å². The van der Waals surface area contributed by atoms with Gasteiger partial charge in [-0.1, -0.05) is 19.3 Å². The molecule has 0 unspecified atom stereocenters. The third-order valence-corrected chi connectivity index (χ3v) is 4.37. The second-order valence-corrected chi connectivity index (χ2v) is 6.05. The third kappa shape index (κ3) is 3.49. The van der Waals surface area contributed by atoms with Crippen molar-refractivity contribution < 1.29 is 4.79 Å². The predicted octanol–water partition coefficient (Wildman–Crippen LogP) is 3.13. The molecule has 0 bridgehead atoms. The van der Waals surface area contributed by atoms with Gasteiger partial charge in [-0.3, -0.25) is 4.79 Å².